The summed E-state index contributed by atoms with van der Waals surface area (Å²) in [6, 6.07) is 3.81. The smallest absolute Gasteiger partial charge is 0.341 e. The second-order valence-corrected chi connectivity index (χ2v) is 3.82. The molecule has 100 valence electrons. The first-order valence-electron chi connectivity index (χ1n) is 5.34. The molecular weight excluding hydrogens is 252 g/mol. The molecule has 3 N–H and O–H groups in total. The first-order chi connectivity index (χ1) is 9.01. The highest BCUT2D eigenvalue weighted by atomic mass is 16.5. The number of phenolic OH excluding ortho intramolecular Hbond substituents is 3. The summed E-state index contributed by atoms with van der Waals surface area (Å²) in [6.45, 7) is 0. The molecule has 2 aromatic rings. The van der Waals surface area contributed by atoms with Crippen molar-refractivity contribution >= 4 is 16.7 Å². The van der Waals surface area contributed by atoms with Gasteiger partial charge in [0, 0.05) is 5.39 Å². The number of carbonyl (C=O) groups is 1. The Morgan fingerprint density at radius 2 is 1.79 bits per heavy atom. The summed E-state index contributed by atoms with van der Waals surface area (Å²) < 4.78 is 9.62. The van der Waals surface area contributed by atoms with E-state index in [1.165, 1.54) is 32.4 Å². The monoisotopic (exact) mass is 264 g/mol. The molecular formula is C13H12O6. The lowest BCUT2D eigenvalue weighted by Gasteiger charge is -2.12. The Kier molecular flexibility index (Phi) is 3.08. The van der Waals surface area contributed by atoms with E-state index in [0.29, 0.717) is 0 Å². The van der Waals surface area contributed by atoms with Crippen LogP contribution in [-0.2, 0) is 4.74 Å². The van der Waals surface area contributed by atoms with E-state index >= 15 is 0 Å². The van der Waals surface area contributed by atoms with Crippen LogP contribution in [0, 0.1) is 0 Å². The first-order valence-corrected chi connectivity index (χ1v) is 5.34. The number of rotatable bonds is 2. The van der Waals surface area contributed by atoms with Crippen molar-refractivity contribution in [2.24, 2.45) is 0 Å². The van der Waals surface area contributed by atoms with Crippen molar-refractivity contribution in [3.63, 3.8) is 0 Å². The lowest BCUT2D eigenvalue weighted by Crippen LogP contribution is -2.02. The molecule has 6 heteroatoms. The summed E-state index contributed by atoms with van der Waals surface area (Å²) in [5.41, 5.74) is -0.0862. The fourth-order valence-electron chi connectivity index (χ4n) is 1.87. The van der Waals surface area contributed by atoms with Gasteiger partial charge in [0.25, 0.3) is 0 Å². The summed E-state index contributed by atoms with van der Waals surface area (Å²) >= 11 is 0. The molecule has 0 aliphatic carbocycles. The van der Waals surface area contributed by atoms with E-state index < -0.39 is 11.7 Å². The second-order valence-electron chi connectivity index (χ2n) is 3.82. The highest BCUT2D eigenvalue weighted by Crippen LogP contribution is 2.44. The zero-order valence-corrected chi connectivity index (χ0v) is 10.3. The molecule has 0 aromatic heterocycles. The highest BCUT2D eigenvalue weighted by molar-refractivity contribution is 6.06. The molecule has 0 amide bonds. The average Bonchev–Trinajstić information content (AvgIpc) is 2.42. The first kappa shape index (κ1) is 12.8. The molecule has 0 saturated heterocycles. The molecule has 0 heterocycles. The van der Waals surface area contributed by atoms with E-state index in [9.17, 15) is 20.1 Å². The van der Waals surface area contributed by atoms with Crippen molar-refractivity contribution in [1.29, 1.82) is 0 Å². The molecule has 0 saturated carbocycles. The average molecular weight is 264 g/mol. The normalized spacial score (nSPS) is 10.4. The molecule has 0 spiro atoms. The Morgan fingerprint density at radius 1 is 1.11 bits per heavy atom. The Bertz CT molecular complexity index is 662. The molecule has 0 fully saturated rings. The van der Waals surface area contributed by atoms with E-state index in [-0.39, 0.29) is 33.6 Å². The van der Waals surface area contributed by atoms with Gasteiger partial charge in [-0.2, -0.15) is 0 Å². The van der Waals surface area contributed by atoms with Crippen LogP contribution >= 0.6 is 0 Å². The highest BCUT2D eigenvalue weighted by Gasteiger charge is 2.21. The fourth-order valence-corrected chi connectivity index (χ4v) is 1.87. The Balaban J connectivity index is 2.91. The molecule has 0 aliphatic rings. The number of ether oxygens (including phenoxy) is 2. The van der Waals surface area contributed by atoms with Gasteiger partial charge in [-0.3, -0.25) is 0 Å². The molecule has 2 aromatic carbocycles. The molecule has 0 atom stereocenters. The molecule has 0 aliphatic heterocycles. The molecule has 2 rings (SSSR count). The topological polar surface area (TPSA) is 96.2 Å². The number of phenols is 3. The third-order valence-corrected chi connectivity index (χ3v) is 2.81. The van der Waals surface area contributed by atoms with Gasteiger partial charge >= 0.3 is 5.97 Å². The number of fused-ring (bicyclic) bond motifs is 1. The Morgan fingerprint density at radius 3 is 2.37 bits per heavy atom. The van der Waals surface area contributed by atoms with Gasteiger partial charge in [-0.1, -0.05) is 0 Å². The van der Waals surface area contributed by atoms with Crippen LogP contribution < -0.4 is 4.74 Å². The standard InChI is InChI=1S/C13H12O6/c1-18-9-5-7(13(17)19-2)11(15)6-3-4-8(14)12(16)10(6)9/h3-5,14-16H,1-2H3. The maximum atomic E-state index is 11.5. The van der Waals surface area contributed by atoms with E-state index in [1.807, 2.05) is 0 Å². The van der Waals surface area contributed by atoms with Crippen molar-refractivity contribution in [3.8, 4) is 23.0 Å². The number of esters is 1. The lowest BCUT2D eigenvalue weighted by molar-refractivity contribution is 0.0597. The number of methoxy groups -OCH3 is 2. The number of hydrogen-bond acceptors (Lipinski definition) is 6. The SMILES string of the molecule is COC(=O)c1cc(OC)c2c(O)c(O)ccc2c1O. The second kappa shape index (κ2) is 4.56. The van der Waals surface area contributed by atoms with E-state index in [1.54, 1.807) is 0 Å². The van der Waals surface area contributed by atoms with Crippen molar-refractivity contribution in [3.05, 3.63) is 23.8 Å². The number of benzene rings is 2. The maximum absolute atomic E-state index is 11.5. The van der Waals surface area contributed by atoms with Gasteiger partial charge in [0.15, 0.2) is 11.5 Å². The largest absolute Gasteiger partial charge is 0.506 e. The summed E-state index contributed by atoms with van der Waals surface area (Å²) in [6.07, 6.45) is 0. The zero-order valence-electron chi connectivity index (χ0n) is 10.3. The van der Waals surface area contributed by atoms with Crippen LogP contribution in [0.4, 0.5) is 0 Å². The predicted molar refractivity (Wildman–Crippen MR) is 66.8 cm³/mol. The quantitative estimate of drug-likeness (QED) is 0.565. The third kappa shape index (κ3) is 1.87. The lowest BCUT2D eigenvalue weighted by atomic mass is 10.0. The fraction of sp³-hybridized carbons (Fsp3) is 0.154. The van der Waals surface area contributed by atoms with Gasteiger partial charge in [0.05, 0.1) is 19.6 Å². The Hall–Kier alpha value is -2.63. The number of hydrogen-bond donors (Lipinski definition) is 3. The summed E-state index contributed by atoms with van der Waals surface area (Å²) in [4.78, 5) is 11.5. The van der Waals surface area contributed by atoms with E-state index in [4.69, 9.17) is 4.74 Å². The van der Waals surface area contributed by atoms with E-state index in [0.717, 1.165) is 0 Å². The van der Waals surface area contributed by atoms with Gasteiger partial charge in [-0.05, 0) is 18.2 Å². The summed E-state index contributed by atoms with van der Waals surface area (Å²) in [7, 11) is 2.53. The minimum Gasteiger partial charge on any atom is -0.506 e. The molecule has 0 unspecified atom stereocenters. The molecule has 0 bridgehead atoms. The number of carbonyl (C=O) groups excluding carboxylic acids is 1. The van der Waals surface area contributed by atoms with Crippen molar-refractivity contribution in [1.82, 2.24) is 0 Å². The van der Waals surface area contributed by atoms with Gasteiger partial charge in [-0.25, -0.2) is 4.79 Å². The van der Waals surface area contributed by atoms with Crippen molar-refractivity contribution < 1.29 is 29.6 Å². The van der Waals surface area contributed by atoms with Gasteiger partial charge < -0.3 is 24.8 Å². The minimum atomic E-state index is -0.731. The van der Waals surface area contributed by atoms with Crippen LogP contribution in [0.2, 0.25) is 0 Å². The molecule has 6 nitrogen and oxygen atoms in total. The third-order valence-electron chi connectivity index (χ3n) is 2.81. The maximum Gasteiger partial charge on any atom is 0.341 e. The van der Waals surface area contributed by atoms with Crippen LogP contribution in [0.25, 0.3) is 10.8 Å². The van der Waals surface area contributed by atoms with Crippen LogP contribution in [0.15, 0.2) is 18.2 Å². The van der Waals surface area contributed by atoms with Crippen LogP contribution in [0.3, 0.4) is 0 Å². The Labute approximate surface area is 108 Å². The van der Waals surface area contributed by atoms with Crippen molar-refractivity contribution in [2.75, 3.05) is 14.2 Å². The number of aromatic hydroxyl groups is 3. The summed E-state index contributed by atoms with van der Waals surface area (Å²) in [5, 5.41) is 29.6. The van der Waals surface area contributed by atoms with Gasteiger partial charge in [-0.15, -0.1) is 0 Å². The van der Waals surface area contributed by atoms with Gasteiger partial charge in [0.1, 0.15) is 17.1 Å². The van der Waals surface area contributed by atoms with E-state index in [2.05, 4.69) is 4.74 Å². The molecule has 0 radical (unpaired) electrons. The van der Waals surface area contributed by atoms with Crippen LogP contribution in [0.5, 0.6) is 23.0 Å². The minimum absolute atomic E-state index is 0.0862. The van der Waals surface area contributed by atoms with Gasteiger partial charge in [0.2, 0.25) is 0 Å². The van der Waals surface area contributed by atoms with Crippen molar-refractivity contribution in [2.45, 2.75) is 0 Å². The van der Waals surface area contributed by atoms with Crippen LogP contribution in [-0.4, -0.2) is 35.5 Å². The summed E-state index contributed by atoms with van der Waals surface area (Å²) in [5.74, 6) is -1.72. The molecule has 19 heavy (non-hydrogen) atoms. The predicted octanol–water partition coefficient (Wildman–Crippen LogP) is 1.75. The van der Waals surface area contributed by atoms with Crippen LogP contribution in [0.1, 0.15) is 10.4 Å². The zero-order chi connectivity index (χ0) is 14.2.